The molecular formula is C22H18N2O6. The molecule has 0 atom stereocenters. The molecule has 0 aliphatic heterocycles. The maximum Gasteiger partial charge on any atom is 0.344 e. The standard InChI is InChI=1S/C22H18N2O6/c1-13-3-6-19-23-15(8-20(25)24(19)10-13)11-29-22(27)12-28-16-4-5-17-14(2)7-21(26)30-18(17)9-16/h3-10H,11-12H2,1-2H3. The Morgan fingerprint density at radius 1 is 1.10 bits per heavy atom. The third-order valence-electron chi connectivity index (χ3n) is 4.52. The fraction of sp³-hybridized carbons (Fsp3) is 0.182. The zero-order chi connectivity index (χ0) is 21.3. The SMILES string of the molecule is Cc1ccc2nc(COC(=O)COc3ccc4c(C)cc(=O)oc4c3)cc(=O)n2c1. The summed E-state index contributed by atoms with van der Waals surface area (Å²) < 4.78 is 17.2. The molecule has 0 amide bonds. The van der Waals surface area contributed by atoms with Gasteiger partial charge in [0.05, 0.1) is 5.69 Å². The number of aromatic nitrogens is 2. The lowest BCUT2D eigenvalue weighted by molar-refractivity contribution is -0.147. The van der Waals surface area contributed by atoms with Crippen LogP contribution in [0.15, 0.2) is 62.7 Å². The fourth-order valence-corrected chi connectivity index (χ4v) is 3.07. The predicted molar refractivity (Wildman–Crippen MR) is 109 cm³/mol. The van der Waals surface area contributed by atoms with E-state index in [4.69, 9.17) is 13.9 Å². The van der Waals surface area contributed by atoms with E-state index in [2.05, 4.69) is 4.98 Å². The van der Waals surface area contributed by atoms with Gasteiger partial charge < -0.3 is 13.9 Å². The molecule has 3 aromatic heterocycles. The highest BCUT2D eigenvalue weighted by Crippen LogP contribution is 2.22. The molecule has 1 aromatic carbocycles. The number of benzene rings is 1. The summed E-state index contributed by atoms with van der Waals surface area (Å²) in [6.45, 7) is 3.21. The number of rotatable bonds is 5. The van der Waals surface area contributed by atoms with Crippen LogP contribution >= 0.6 is 0 Å². The Morgan fingerprint density at radius 3 is 2.77 bits per heavy atom. The lowest BCUT2D eigenvalue weighted by Gasteiger charge is -2.08. The van der Waals surface area contributed by atoms with E-state index in [0.717, 1.165) is 16.5 Å². The molecule has 0 saturated heterocycles. The summed E-state index contributed by atoms with van der Waals surface area (Å²) in [7, 11) is 0. The van der Waals surface area contributed by atoms with Crippen LogP contribution in [0, 0.1) is 13.8 Å². The molecule has 0 aliphatic rings. The van der Waals surface area contributed by atoms with Crippen molar-refractivity contribution in [3.63, 3.8) is 0 Å². The number of hydrogen-bond acceptors (Lipinski definition) is 7. The summed E-state index contributed by atoms with van der Waals surface area (Å²) in [4.78, 5) is 40.0. The molecule has 0 N–H and O–H groups in total. The van der Waals surface area contributed by atoms with Gasteiger partial charge in [-0.05, 0) is 43.2 Å². The van der Waals surface area contributed by atoms with Gasteiger partial charge in [0.25, 0.3) is 5.56 Å². The number of pyridine rings is 1. The molecular weight excluding hydrogens is 388 g/mol. The van der Waals surface area contributed by atoms with Gasteiger partial charge in [-0.15, -0.1) is 0 Å². The molecule has 0 unspecified atom stereocenters. The van der Waals surface area contributed by atoms with Crippen LogP contribution in [0.2, 0.25) is 0 Å². The van der Waals surface area contributed by atoms with Crippen molar-refractivity contribution in [2.45, 2.75) is 20.5 Å². The van der Waals surface area contributed by atoms with Gasteiger partial charge in [-0.1, -0.05) is 6.07 Å². The molecule has 0 aliphatic carbocycles. The monoisotopic (exact) mass is 406 g/mol. The topological polar surface area (TPSA) is 100 Å². The minimum atomic E-state index is -0.619. The number of esters is 1. The molecule has 3 heterocycles. The first kappa shape index (κ1) is 19.4. The molecule has 4 rings (SSSR count). The van der Waals surface area contributed by atoms with E-state index in [9.17, 15) is 14.4 Å². The summed E-state index contributed by atoms with van der Waals surface area (Å²) in [5, 5.41) is 0.786. The number of hydrogen-bond donors (Lipinski definition) is 0. The highest BCUT2D eigenvalue weighted by atomic mass is 16.6. The predicted octanol–water partition coefficient (Wildman–Crippen LogP) is 2.54. The van der Waals surface area contributed by atoms with Crippen LogP contribution in [0.1, 0.15) is 16.8 Å². The first-order chi connectivity index (χ1) is 14.4. The Bertz CT molecular complexity index is 1390. The van der Waals surface area contributed by atoms with E-state index in [1.807, 2.05) is 19.9 Å². The minimum absolute atomic E-state index is 0.145. The summed E-state index contributed by atoms with van der Waals surface area (Å²) >= 11 is 0. The van der Waals surface area contributed by atoms with E-state index in [0.29, 0.717) is 22.7 Å². The van der Waals surface area contributed by atoms with E-state index in [-0.39, 0.29) is 18.8 Å². The Morgan fingerprint density at radius 2 is 1.93 bits per heavy atom. The van der Waals surface area contributed by atoms with Gasteiger partial charge in [-0.2, -0.15) is 0 Å². The third-order valence-corrected chi connectivity index (χ3v) is 4.52. The molecule has 152 valence electrons. The number of aryl methyl sites for hydroxylation is 2. The van der Waals surface area contributed by atoms with E-state index in [1.54, 1.807) is 30.5 Å². The Hall–Kier alpha value is -3.94. The number of carbonyl (C=O) groups is 1. The molecule has 8 heteroatoms. The summed E-state index contributed by atoms with van der Waals surface area (Å²) in [5.41, 5.74) is 2.22. The second-order valence-electron chi connectivity index (χ2n) is 6.88. The molecule has 30 heavy (non-hydrogen) atoms. The van der Waals surface area contributed by atoms with E-state index < -0.39 is 11.6 Å². The second kappa shape index (κ2) is 7.82. The highest BCUT2D eigenvalue weighted by Gasteiger charge is 2.09. The first-order valence-electron chi connectivity index (χ1n) is 9.21. The van der Waals surface area contributed by atoms with Gasteiger partial charge in [-0.3, -0.25) is 9.20 Å². The van der Waals surface area contributed by atoms with Gasteiger partial charge in [0.15, 0.2) is 6.61 Å². The minimum Gasteiger partial charge on any atom is -0.482 e. The van der Waals surface area contributed by atoms with E-state index >= 15 is 0 Å². The second-order valence-corrected chi connectivity index (χ2v) is 6.88. The van der Waals surface area contributed by atoms with Crippen LogP contribution < -0.4 is 15.9 Å². The van der Waals surface area contributed by atoms with Crippen LogP contribution in [0.3, 0.4) is 0 Å². The number of fused-ring (bicyclic) bond motifs is 2. The van der Waals surface area contributed by atoms with Crippen LogP contribution in [-0.2, 0) is 16.1 Å². The molecule has 0 saturated carbocycles. The van der Waals surface area contributed by atoms with Crippen LogP contribution in [-0.4, -0.2) is 22.0 Å². The average Bonchev–Trinajstić information content (AvgIpc) is 2.71. The van der Waals surface area contributed by atoms with Gasteiger partial charge in [0.2, 0.25) is 0 Å². The Labute approximate surface area is 170 Å². The smallest absolute Gasteiger partial charge is 0.344 e. The number of ether oxygens (including phenoxy) is 2. The van der Waals surface area contributed by atoms with Crippen molar-refractivity contribution < 1.29 is 18.7 Å². The molecule has 4 aromatic rings. The van der Waals surface area contributed by atoms with Crippen molar-refractivity contribution in [3.8, 4) is 5.75 Å². The van der Waals surface area contributed by atoms with Crippen molar-refractivity contribution >= 4 is 22.6 Å². The maximum absolute atomic E-state index is 12.2. The van der Waals surface area contributed by atoms with Crippen molar-refractivity contribution in [1.29, 1.82) is 0 Å². The summed E-state index contributed by atoms with van der Waals surface area (Å²) in [6.07, 6.45) is 1.70. The van der Waals surface area contributed by atoms with Crippen LogP contribution in [0.5, 0.6) is 5.75 Å². The Balaban J connectivity index is 1.40. The maximum atomic E-state index is 12.2. The zero-order valence-corrected chi connectivity index (χ0v) is 16.4. The molecule has 0 radical (unpaired) electrons. The largest absolute Gasteiger partial charge is 0.482 e. The summed E-state index contributed by atoms with van der Waals surface area (Å²) in [6, 6.07) is 11.3. The van der Waals surface area contributed by atoms with E-state index in [1.165, 1.54) is 16.5 Å². The number of carbonyl (C=O) groups excluding carboxylic acids is 1. The lowest BCUT2D eigenvalue weighted by atomic mass is 10.1. The van der Waals surface area contributed by atoms with Crippen molar-refractivity contribution in [2.75, 3.05) is 6.61 Å². The highest BCUT2D eigenvalue weighted by molar-refractivity contribution is 5.81. The average molecular weight is 406 g/mol. The van der Waals surface area contributed by atoms with Crippen LogP contribution in [0.25, 0.3) is 16.6 Å². The zero-order valence-electron chi connectivity index (χ0n) is 16.4. The van der Waals surface area contributed by atoms with Crippen LogP contribution in [0.4, 0.5) is 0 Å². The lowest BCUT2D eigenvalue weighted by Crippen LogP contribution is -2.18. The normalized spacial score (nSPS) is 11.0. The quantitative estimate of drug-likeness (QED) is 0.371. The van der Waals surface area contributed by atoms with Crippen molar-refractivity contribution in [1.82, 2.24) is 9.38 Å². The van der Waals surface area contributed by atoms with Gasteiger partial charge in [0, 0.05) is 29.8 Å². The van der Waals surface area contributed by atoms with Gasteiger partial charge in [-0.25, -0.2) is 14.6 Å². The first-order valence-corrected chi connectivity index (χ1v) is 9.21. The molecule has 0 bridgehead atoms. The molecule has 0 fully saturated rings. The third kappa shape index (κ3) is 4.07. The Kier molecular flexibility index (Phi) is 5.05. The molecule has 0 spiro atoms. The van der Waals surface area contributed by atoms with Crippen molar-refractivity contribution in [2.24, 2.45) is 0 Å². The molecule has 8 nitrogen and oxygen atoms in total. The van der Waals surface area contributed by atoms with Crippen molar-refractivity contribution in [3.05, 3.63) is 86.3 Å². The van der Waals surface area contributed by atoms with Gasteiger partial charge >= 0.3 is 11.6 Å². The summed E-state index contributed by atoms with van der Waals surface area (Å²) in [5.74, 6) is -0.252. The fourth-order valence-electron chi connectivity index (χ4n) is 3.07. The number of nitrogens with zero attached hydrogens (tertiary/aromatic N) is 2. The van der Waals surface area contributed by atoms with Gasteiger partial charge in [0.1, 0.15) is 23.6 Å².